The number of nitrogens with one attached hydrogen (secondary N) is 1. The molecule has 1 aromatic rings. The third-order valence-electron chi connectivity index (χ3n) is 5.18. The molecule has 0 aliphatic heterocycles. The van der Waals surface area contributed by atoms with Crippen LogP contribution in [0.2, 0.25) is 0 Å². The van der Waals surface area contributed by atoms with E-state index < -0.39 is 5.54 Å². The summed E-state index contributed by atoms with van der Waals surface area (Å²) >= 11 is 0. The molecule has 0 heterocycles. The zero-order valence-corrected chi connectivity index (χ0v) is 16.3. The topological polar surface area (TPSA) is 76.8 Å². The maximum Gasteiger partial charge on any atom is 0.244 e. The summed E-state index contributed by atoms with van der Waals surface area (Å²) in [5, 5.41) is 2.96. The van der Waals surface area contributed by atoms with E-state index >= 15 is 0 Å². The molecule has 0 radical (unpaired) electrons. The first kappa shape index (κ1) is 20.5. The third-order valence-corrected chi connectivity index (χ3v) is 5.18. The molecule has 146 valence electrons. The van der Waals surface area contributed by atoms with E-state index in [-0.39, 0.29) is 5.91 Å². The van der Waals surface area contributed by atoms with E-state index in [1.54, 1.807) is 7.11 Å². The van der Waals surface area contributed by atoms with Crippen LogP contribution in [0.5, 0.6) is 11.5 Å². The van der Waals surface area contributed by atoms with Crippen LogP contribution in [-0.4, -0.2) is 49.7 Å². The standard InChI is InChI=1S/C20H33N3O3/c1-4-23(5-2)13-14-26-18-15-16(9-10-17(18)25-3)22-19(24)20(21)11-7-6-8-12-20/h9-10,15H,4-8,11-14,21H2,1-3H3,(H,22,24). The Hall–Kier alpha value is -1.79. The predicted molar refractivity (Wildman–Crippen MR) is 105 cm³/mol. The number of nitrogens with two attached hydrogens (primary N) is 1. The second-order valence-electron chi connectivity index (χ2n) is 6.91. The fraction of sp³-hybridized carbons (Fsp3) is 0.650. The van der Waals surface area contributed by atoms with Gasteiger partial charge in [-0.15, -0.1) is 0 Å². The Morgan fingerprint density at radius 3 is 2.50 bits per heavy atom. The highest BCUT2D eigenvalue weighted by Gasteiger charge is 2.35. The smallest absolute Gasteiger partial charge is 0.244 e. The van der Waals surface area contributed by atoms with Gasteiger partial charge >= 0.3 is 0 Å². The quantitative estimate of drug-likeness (QED) is 0.705. The van der Waals surface area contributed by atoms with E-state index in [1.807, 2.05) is 18.2 Å². The number of amides is 1. The van der Waals surface area contributed by atoms with Crippen molar-refractivity contribution in [1.82, 2.24) is 4.90 Å². The molecule has 1 aliphatic rings. The lowest BCUT2D eigenvalue weighted by atomic mass is 9.82. The lowest BCUT2D eigenvalue weighted by Gasteiger charge is -2.31. The Balaban J connectivity index is 2.02. The molecule has 3 N–H and O–H groups in total. The summed E-state index contributed by atoms with van der Waals surface area (Å²) in [6.07, 6.45) is 4.64. The molecular weight excluding hydrogens is 330 g/mol. The summed E-state index contributed by atoms with van der Waals surface area (Å²) in [6.45, 7) is 7.66. The van der Waals surface area contributed by atoms with E-state index in [0.29, 0.717) is 23.8 Å². The molecule has 6 heteroatoms. The van der Waals surface area contributed by atoms with Crippen molar-refractivity contribution in [3.8, 4) is 11.5 Å². The molecule has 1 fully saturated rings. The normalized spacial score (nSPS) is 16.3. The van der Waals surface area contributed by atoms with Crippen LogP contribution >= 0.6 is 0 Å². The van der Waals surface area contributed by atoms with E-state index in [1.165, 1.54) is 0 Å². The minimum atomic E-state index is -0.762. The van der Waals surface area contributed by atoms with Gasteiger partial charge in [0.1, 0.15) is 6.61 Å². The average Bonchev–Trinajstić information content (AvgIpc) is 2.66. The number of nitrogens with zero attached hydrogens (tertiary/aromatic N) is 1. The van der Waals surface area contributed by atoms with Crippen LogP contribution in [0.3, 0.4) is 0 Å². The van der Waals surface area contributed by atoms with Gasteiger partial charge in [-0.05, 0) is 38.1 Å². The average molecular weight is 364 g/mol. The van der Waals surface area contributed by atoms with Crippen LogP contribution < -0.4 is 20.5 Å². The maximum atomic E-state index is 12.6. The van der Waals surface area contributed by atoms with Crippen molar-refractivity contribution in [2.75, 3.05) is 38.7 Å². The second-order valence-corrected chi connectivity index (χ2v) is 6.91. The molecule has 0 bridgehead atoms. The van der Waals surface area contributed by atoms with Gasteiger partial charge < -0.3 is 25.4 Å². The zero-order chi connectivity index (χ0) is 19.0. The molecule has 26 heavy (non-hydrogen) atoms. The maximum absolute atomic E-state index is 12.6. The van der Waals surface area contributed by atoms with Crippen molar-refractivity contribution in [3.05, 3.63) is 18.2 Å². The van der Waals surface area contributed by atoms with Crippen molar-refractivity contribution in [2.24, 2.45) is 5.73 Å². The van der Waals surface area contributed by atoms with Crippen LogP contribution in [-0.2, 0) is 4.79 Å². The molecule has 0 spiro atoms. The molecule has 1 aromatic carbocycles. The fourth-order valence-electron chi connectivity index (χ4n) is 3.36. The minimum absolute atomic E-state index is 0.114. The zero-order valence-electron chi connectivity index (χ0n) is 16.3. The highest BCUT2D eigenvalue weighted by atomic mass is 16.5. The first-order chi connectivity index (χ1) is 12.5. The number of carbonyl (C=O) groups is 1. The molecule has 2 rings (SSSR count). The van der Waals surface area contributed by atoms with Crippen molar-refractivity contribution in [3.63, 3.8) is 0 Å². The molecule has 6 nitrogen and oxygen atoms in total. The molecule has 0 saturated heterocycles. The first-order valence-electron chi connectivity index (χ1n) is 9.66. The van der Waals surface area contributed by atoms with Gasteiger partial charge in [0.15, 0.2) is 11.5 Å². The van der Waals surface area contributed by atoms with E-state index in [4.69, 9.17) is 15.2 Å². The van der Waals surface area contributed by atoms with Gasteiger partial charge in [0, 0.05) is 18.3 Å². The Bertz CT molecular complexity index is 582. The number of anilines is 1. The van der Waals surface area contributed by atoms with E-state index in [2.05, 4.69) is 24.1 Å². The van der Waals surface area contributed by atoms with Crippen LogP contribution in [0.15, 0.2) is 18.2 Å². The predicted octanol–water partition coefficient (Wildman–Crippen LogP) is 3.02. The number of benzene rings is 1. The molecular formula is C20H33N3O3. The van der Waals surface area contributed by atoms with Crippen molar-refractivity contribution in [1.29, 1.82) is 0 Å². The SMILES string of the molecule is CCN(CC)CCOc1cc(NC(=O)C2(N)CCCCC2)ccc1OC. The summed E-state index contributed by atoms with van der Waals surface area (Å²) < 4.78 is 11.3. The van der Waals surface area contributed by atoms with E-state index in [0.717, 1.165) is 51.7 Å². The third kappa shape index (κ3) is 5.35. The number of carbonyl (C=O) groups excluding carboxylic acids is 1. The van der Waals surface area contributed by atoms with Crippen molar-refractivity contribution >= 4 is 11.6 Å². The number of hydrogen-bond acceptors (Lipinski definition) is 5. The molecule has 0 unspecified atom stereocenters. The summed E-state index contributed by atoms with van der Waals surface area (Å²) in [4.78, 5) is 14.9. The number of hydrogen-bond donors (Lipinski definition) is 2. The highest BCUT2D eigenvalue weighted by molar-refractivity contribution is 5.98. The molecule has 0 aromatic heterocycles. The van der Waals surface area contributed by atoms with Gasteiger partial charge in [-0.2, -0.15) is 0 Å². The van der Waals surface area contributed by atoms with Gasteiger partial charge in [0.05, 0.1) is 12.6 Å². The van der Waals surface area contributed by atoms with Crippen molar-refractivity contribution in [2.45, 2.75) is 51.5 Å². The van der Waals surface area contributed by atoms with Crippen molar-refractivity contribution < 1.29 is 14.3 Å². The molecule has 1 amide bonds. The van der Waals surface area contributed by atoms with Crippen LogP contribution in [0, 0.1) is 0 Å². The Morgan fingerprint density at radius 1 is 1.19 bits per heavy atom. The van der Waals surface area contributed by atoms with Gasteiger partial charge in [0.25, 0.3) is 0 Å². The van der Waals surface area contributed by atoms with Gasteiger partial charge in [-0.1, -0.05) is 33.1 Å². The summed E-state index contributed by atoms with van der Waals surface area (Å²) in [5.41, 5.74) is 6.24. The second kappa shape index (κ2) is 9.78. The fourth-order valence-corrected chi connectivity index (χ4v) is 3.36. The van der Waals surface area contributed by atoms with Crippen LogP contribution in [0.4, 0.5) is 5.69 Å². The lowest BCUT2D eigenvalue weighted by molar-refractivity contribution is -0.122. The van der Waals surface area contributed by atoms with E-state index in [9.17, 15) is 4.79 Å². The summed E-state index contributed by atoms with van der Waals surface area (Å²) in [7, 11) is 1.61. The Labute approximate surface area is 157 Å². The molecule has 1 aliphatic carbocycles. The first-order valence-corrected chi connectivity index (χ1v) is 9.66. The largest absolute Gasteiger partial charge is 0.493 e. The Morgan fingerprint density at radius 2 is 1.88 bits per heavy atom. The monoisotopic (exact) mass is 363 g/mol. The van der Waals surface area contributed by atoms with Gasteiger partial charge in [-0.25, -0.2) is 0 Å². The van der Waals surface area contributed by atoms with Crippen LogP contribution in [0.25, 0.3) is 0 Å². The molecule has 0 atom stereocenters. The minimum Gasteiger partial charge on any atom is -0.493 e. The van der Waals surface area contributed by atoms with Gasteiger partial charge in [-0.3, -0.25) is 4.79 Å². The number of ether oxygens (including phenoxy) is 2. The van der Waals surface area contributed by atoms with Crippen LogP contribution in [0.1, 0.15) is 46.0 Å². The Kier molecular flexibility index (Phi) is 7.72. The summed E-state index contributed by atoms with van der Waals surface area (Å²) in [6, 6.07) is 5.44. The number of rotatable bonds is 9. The molecule has 1 saturated carbocycles. The highest BCUT2D eigenvalue weighted by Crippen LogP contribution is 2.32. The number of likely N-dealkylation sites (N-methyl/N-ethyl adjacent to an activating group) is 1. The summed E-state index contributed by atoms with van der Waals surface area (Å²) in [5.74, 6) is 1.17. The van der Waals surface area contributed by atoms with Gasteiger partial charge in [0.2, 0.25) is 5.91 Å². The lowest BCUT2D eigenvalue weighted by Crippen LogP contribution is -2.52. The number of methoxy groups -OCH3 is 1.